The average Bonchev–Trinajstić information content (AvgIpc) is 2.44. The average molecular weight is 196 g/mol. The Kier molecular flexibility index (Phi) is 2.40. The molecule has 1 aromatic heterocycles. The third-order valence-corrected chi connectivity index (χ3v) is 2.10. The van der Waals surface area contributed by atoms with Crippen LogP contribution in [0.3, 0.4) is 0 Å². The second kappa shape index (κ2) is 3.70. The molecule has 0 unspecified atom stereocenters. The molecule has 1 aliphatic heterocycles. The number of hydrogen-bond donors (Lipinski definition) is 2. The van der Waals surface area contributed by atoms with Gasteiger partial charge in [-0.15, -0.1) is 5.10 Å². The van der Waals surface area contributed by atoms with E-state index in [0.717, 1.165) is 13.1 Å². The van der Waals surface area contributed by atoms with E-state index >= 15 is 0 Å². The molecule has 7 heteroatoms. The first-order chi connectivity index (χ1) is 6.74. The standard InChI is InChI=1S/C7H12N6O/c1-13-11-7(10-12-13)9-6(14)2-5-3-8-4-5/h5,8H,2-4H2,1H3,(H,9,11,14). The van der Waals surface area contributed by atoms with Gasteiger partial charge in [0.1, 0.15) is 0 Å². The summed E-state index contributed by atoms with van der Waals surface area (Å²) in [7, 11) is 1.65. The van der Waals surface area contributed by atoms with Crippen molar-refractivity contribution < 1.29 is 4.79 Å². The maximum atomic E-state index is 11.4. The van der Waals surface area contributed by atoms with E-state index < -0.39 is 0 Å². The molecule has 1 aromatic rings. The van der Waals surface area contributed by atoms with Gasteiger partial charge in [0.2, 0.25) is 5.91 Å². The minimum atomic E-state index is -0.0514. The van der Waals surface area contributed by atoms with E-state index in [4.69, 9.17) is 0 Å². The van der Waals surface area contributed by atoms with E-state index in [1.165, 1.54) is 4.80 Å². The van der Waals surface area contributed by atoms with Gasteiger partial charge in [0.15, 0.2) is 0 Å². The van der Waals surface area contributed by atoms with Gasteiger partial charge in [0, 0.05) is 6.42 Å². The van der Waals surface area contributed by atoms with Crippen LogP contribution >= 0.6 is 0 Å². The van der Waals surface area contributed by atoms with Gasteiger partial charge in [-0.2, -0.15) is 4.80 Å². The van der Waals surface area contributed by atoms with E-state index in [1.54, 1.807) is 7.05 Å². The summed E-state index contributed by atoms with van der Waals surface area (Å²) in [4.78, 5) is 12.7. The van der Waals surface area contributed by atoms with Crippen LogP contribution in [-0.2, 0) is 11.8 Å². The van der Waals surface area contributed by atoms with Crippen LogP contribution in [0.25, 0.3) is 0 Å². The molecular weight excluding hydrogens is 184 g/mol. The Morgan fingerprint density at radius 2 is 2.50 bits per heavy atom. The van der Waals surface area contributed by atoms with Crippen LogP contribution in [0.5, 0.6) is 0 Å². The molecule has 0 spiro atoms. The Balaban J connectivity index is 1.81. The highest BCUT2D eigenvalue weighted by molar-refractivity contribution is 5.89. The van der Waals surface area contributed by atoms with Crippen LogP contribution in [0.2, 0.25) is 0 Å². The molecular formula is C7H12N6O. The largest absolute Gasteiger partial charge is 0.316 e. The maximum Gasteiger partial charge on any atom is 0.270 e. The minimum Gasteiger partial charge on any atom is -0.316 e. The van der Waals surface area contributed by atoms with Gasteiger partial charge >= 0.3 is 0 Å². The van der Waals surface area contributed by atoms with Gasteiger partial charge in [0.25, 0.3) is 5.95 Å². The van der Waals surface area contributed by atoms with Crippen LogP contribution in [-0.4, -0.2) is 39.2 Å². The van der Waals surface area contributed by atoms with Gasteiger partial charge < -0.3 is 5.32 Å². The molecule has 0 saturated carbocycles. The minimum absolute atomic E-state index is 0.0514. The zero-order valence-corrected chi connectivity index (χ0v) is 7.90. The monoisotopic (exact) mass is 196 g/mol. The summed E-state index contributed by atoms with van der Waals surface area (Å²) in [6.45, 7) is 1.84. The number of aromatic nitrogens is 4. The molecule has 14 heavy (non-hydrogen) atoms. The van der Waals surface area contributed by atoms with E-state index in [-0.39, 0.29) is 11.9 Å². The molecule has 2 N–H and O–H groups in total. The van der Waals surface area contributed by atoms with Gasteiger partial charge in [-0.25, -0.2) is 0 Å². The lowest BCUT2D eigenvalue weighted by atomic mass is 9.99. The van der Waals surface area contributed by atoms with Crippen molar-refractivity contribution in [2.45, 2.75) is 6.42 Å². The van der Waals surface area contributed by atoms with Crippen molar-refractivity contribution in [3.63, 3.8) is 0 Å². The highest BCUT2D eigenvalue weighted by atomic mass is 16.1. The summed E-state index contributed by atoms with van der Waals surface area (Å²) in [6.07, 6.45) is 0.519. The number of carbonyl (C=O) groups is 1. The molecule has 1 amide bonds. The van der Waals surface area contributed by atoms with Gasteiger partial charge in [-0.05, 0) is 24.2 Å². The van der Waals surface area contributed by atoms with Crippen molar-refractivity contribution in [3.05, 3.63) is 0 Å². The molecule has 76 valence electrons. The maximum absolute atomic E-state index is 11.4. The fraction of sp³-hybridized carbons (Fsp3) is 0.714. The predicted molar refractivity (Wildman–Crippen MR) is 48.4 cm³/mol. The van der Waals surface area contributed by atoms with E-state index in [9.17, 15) is 4.79 Å². The van der Waals surface area contributed by atoms with Crippen molar-refractivity contribution in [2.75, 3.05) is 18.4 Å². The topological polar surface area (TPSA) is 84.7 Å². The number of anilines is 1. The molecule has 2 heterocycles. The predicted octanol–water partition coefficient (Wildman–Crippen LogP) is -1.24. The Hall–Kier alpha value is -1.50. The summed E-state index contributed by atoms with van der Waals surface area (Å²) < 4.78 is 0. The Bertz CT molecular complexity index is 331. The number of rotatable bonds is 3. The van der Waals surface area contributed by atoms with Gasteiger partial charge in [-0.3, -0.25) is 10.1 Å². The molecule has 1 saturated heterocycles. The molecule has 7 nitrogen and oxygen atoms in total. The molecule has 0 aromatic carbocycles. The molecule has 1 aliphatic rings. The number of amides is 1. The van der Waals surface area contributed by atoms with Gasteiger partial charge in [-0.1, -0.05) is 5.10 Å². The summed E-state index contributed by atoms with van der Waals surface area (Å²) in [5.41, 5.74) is 0. The van der Waals surface area contributed by atoms with Crippen molar-refractivity contribution in [1.82, 2.24) is 25.5 Å². The molecule has 0 aliphatic carbocycles. The SMILES string of the molecule is Cn1nnc(NC(=O)CC2CNC2)n1. The number of nitrogens with zero attached hydrogens (tertiary/aromatic N) is 4. The lowest BCUT2D eigenvalue weighted by molar-refractivity contribution is -0.117. The third kappa shape index (κ3) is 2.05. The van der Waals surface area contributed by atoms with Gasteiger partial charge in [0.05, 0.1) is 7.05 Å². The van der Waals surface area contributed by atoms with Crippen LogP contribution in [0.1, 0.15) is 6.42 Å². The number of nitrogens with one attached hydrogen (secondary N) is 2. The Labute approximate surface area is 80.9 Å². The van der Waals surface area contributed by atoms with Crippen molar-refractivity contribution >= 4 is 11.9 Å². The number of hydrogen-bond acceptors (Lipinski definition) is 5. The zero-order chi connectivity index (χ0) is 9.97. The van der Waals surface area contributed by atoms with Crippen molar-refractivity contribution in [3.8, 4) is 0 Å². The number of carbonyl (C=O) groups excluding carboxylic acids is 1. The number of aryl methyl sites for hydroxylation is 1. The fourth-order valence-electron chi connectivity index (χ4n) is 1.26. The first kappa shape index (κ1) is 9.07. The summed E-state index contributed by atoms with van der Waals surface area (Å²) in [5, 5.41) is 16.8. The normalized spacial score (nSPS) is 16.4. The first-order valence-corrected chi connectivity index (χ1v) is 4.48. The van der Waals surface area contributed by atoms with Crippen molar-refractivity contribution in [1.29, 1.82) is 0 Å². The van der Waals surface area contributed by atoms with Crippen molar-refractivity contribution in [2.24, 2.45) is 13.0 Å². The zero-order valence-electron chi connectivity index (χ0n) is 7.90. The van der Waals surface area contributed by atoms with E-state index in [2.05, 4.69) is 26.0 Å². The van der Waals surface area contributed by atoms with Crippen LogP contribution in [0.15, 0.2) is 0 Å². The molecule has 0 bridgehead atoms. The second-order valence-electron chi connectivity index (χ2n) is 3.38. The first-order valence-electron chi connectivity index (χ1n) is 4.48. The quantitative estimate of drug-likeness (QED) is 0.631. The Morgan fingerprint density at radius 1 is 1.71 bits per heavy atom. The highest BCUT2D eigenvalue weighted by Gasteiger charge is 2.20. The van der Waals surface area contributed by atoms with E-state index in [1.807, 2.05) is 0 Å². The molecule has 2 rings (SSSR count). The molecule has 1 fully saturated rings. The summed E-state index contributed by atoms with van der Waals surface area (Å²) in [6, 6.07) is 0. The summed E-state index contributed by atoms with van der Waals surface area (Å²) >= 11 is 0. The second-order valence-corrected chi connectivity index (χ2v) is 3.38. The Morgan fingerprint density at radius 3 is 3.00 bits per heavy atom. The highest BCUT2D eigenvalue weighted by Crippen LogP contribution is 2.08. The summed E-state index contributed by atoms with van der Waals surface area (Å²) in [5.74, 6) is 0.668. The smallest absolute Gasteiger partial charge is 0.270 e. The fourth-order valence-corrected chi connectivity index (χ4v) is 1.26. The molecule has 0 atom stereocenters. The van der Waals surface area contributed by atoms with Crippen LogP contribution < -0.4 is 10.6 Å². The number of tetrazole rings is 1. The van der Waals surface area contributed by atoms with Crippen LogP contribution in [0.4, 0.5) is 5.95 Å². The lowest BCUT2D eigenvalue weighted by Gasteiger charge is -2.25. The third-order valence-electron chi connectivity index (χ3n) is 2.10. The van der Waals surface area contributed by atoms with E-state index in [0.29, 0.717) is 12.3 Å². The molecule has 0 radical (unpaired) electrons. The lowest BCUT2D eigenvalue weighted by Crippen LogP contribution is -2.43. The van der Waals surface area contributed by atoms with Crippen LogP contribution in [0, 0.1) is 5.92 Å².